The third-order valence-corrected chi connectivity index (χ3v) is 5.80. The van der Waals surface area contributed by atoms with Crippen molar-refractivity contribution in [2.45, 2.75) is 90.9 Å². The summed E-state index contributed by atoms with van der Waals surface area (Å²) in [6.45, 7) is 4.87. The van der Waals surface area contributed by atoms with Crippen LogP contribution in [0, 0.1) is 17.2 Å². The normalized spacial score (nSPS) is 11.8. The molecule has 0 radical (unpaired) electrons. The van der Waals surface area contributed by atoms with Gasteiger partial charge in [-0.15, -0.1) is 0 Å². The predicted octanol–water partition coefficient (Wildman–Crippen LogP) is 7.54. The highest BCUT2D eigenvalue weighted by atomic mass is 16.5. The Hall–Kier alpha value is -2.41. The van der Waals surface area contributed by atoms with Gasteiger partial charge in [0.15, 0.2) is 5.82 Å². The summed E-state index contributed by atoms with van der Waals surface area (Å²) in [6.07, 6.45) is 18.7. The molecule has 0 saturated heterocycles. The minimum absolute atomic E-state index is 0.0711. The number of rotatable bonds is 16. The van der Waals surface area contributed by atoms with Crippen LogP contribution in [0.15, 0.2) is 36.7 Å². The standard InChI is InChI=1S/C27H39N3O/c1-3-5-6-7-8-9-10-11-12-13-24-21-29-27(30-22-24)25-14-16-26(17-15-25)31-19-18-23(4-2)20-28/h14-17,21-23H,3-13,18-19H2,1-2H3/t23-/m0/s1. The first-order valence-electron chi connectivity index (χ1n) is 12.2. The first-order chi connectivity index (χ1) is 15.3. The summed E-state index contributed by atoms with van der Waals surface area (Å²) in [5, 5.41) is 9.00. The fraction of sp³-hybridized carbons (Fsp3) is 0.593. The lowest BCUT2D eigenvalue weighted by molar-refractivity contribution is 0.291. The van der Waals surface area contributed by atoms with Crippen LogP contribution in [0.25, 0.3) is 11.4 Å². The summed E-state index contributed by atoms with van der Waals surface area (Å²) >= 11 is 0. The smallest absolute Gasteiger partial charge is 0.159 e. The molecule has 4 nitrogen and oxygen atoms in total. The second-order valence-corrected chi connectivity index (χ2v) is 8.39. The van der Waals surface area contributed by atoms with Crippen molar-refractivity contribution in [3.05, 3.63) is 42.2 Å². The third kappa shape index (κ3) is 9.96. The van der Waals surface area contributed by atoms with E-state index in [0.717, 1.165) is 36.4 Å². The molecular formula is C27H39N3O. The van der Waals surface area contributed by atoms with E-state index in [1.54, 1.807) is 0 Å². The quantitative estimate of drug-likeness (QED) is 0.263. The fourth-order valence-electron chi connectivity index (χ4n) is 3.65. The summed E-state index contributed by atoms with van der Waals surface area (Å²) in [4.78, 5) is 9.11. The molecule has 1 atom stereocenters. The van der Waals surface area contributed by atoms with E-state index in [1.807, 2.05) is 43.6 Å². The Labute approximate surface area is 189 Å². The Bertz CT molecular complexity index is 750. The molecule has 0 saturated carbocycles. The number of ether oxygens (including phenoxy) is 1. The molecule has 168 valence electrons. The first kappa shape index (κ1) is 24.9. The van der Waals surface area contributed by atoms with Crippen LogP contribution in [0.2, 0.25) is 0 Å². The van der Waals surface area contributed by atoms with Crippen LogP contribution in [0.1, 0.15) is 90.0 Å². The van der Waals surface area contributed by atoms with Crippen molar-refractivity contribution in [3.63, 3.8) is 0 Å². The zero-order valence-corrected chi connectivity index (χ0v) is 19.5. The zero-order chi connectivity index (χ0) is 22.2. The van der Waals surface area contributed by atoms with Gasteiger partial charge in [-0.25, -0.2) is 9.97 Å². The van der Waals surface area contributed by atoms with E-state index in [4.69, 9.17) is 10.00 Å². The molecule has 4 heteroatoms. The minimum atomic E-state index is 0.0711. The molecule has 0 amide bonds. The highest BCUT2D eigenvalue weighted by Crippen LogP contribution is 2.20. The molecule has 0 aliphatic rings. The number of hydrogen-bond donors (Lipinski definition) is 0. The average molecular weight is 422 g/mol. The van der Waals surface area contributed by atoms with Crippen LogP contribution >= 0.6 is 0 Å². The molecule has 2 rings (SSSR count). The summed E-state index contributed by atoms with van der Waals surface area (Å²) in [7, 11) is 0. The number of unbranched alkanes of at least 4 members (excludes halogenated alkanes) is 8. The molecule has 1 aromatic carbocycles. The van der Waals surface area contributed by atoms with Gasteiger partial charge in [0.05, 0.1) is 12.7 Å². The Morgan fingerprint density at radius 1 is 0.871 bits per heavy atom. The van der Waals surface area contributed by atoms with Gasteiger partial charge >= 0.3 is 0 Å². The van der Waals surface area contributed by atoms with Crippen molar-refractivity contribution < 1.29 is 4.74 Å². The van der Waals surface area contributed by atoms with E-state index >= 15 is 0 Å². The lowest BCUT2D eigenvalue weighted by Crippen LogP contribution is -2.04. The van der Waals surface area contributed by atoms with E-state index < -0.39 is 0 Å². The Balaban J connectivity index is 1.67. The molecule has 0 fully saturated rings. The van der Waals surface area contributed by atoms with Gasteiger partial charge < -0.3 is 4.74 Å². The summed E-state index contributed by atoms with van der Waals surface area (Å²) in [5.74, 6) is 1.64. The Morgan fingerprint density at radius 2 is 1.48 bits per heavy atom. The minimum Gasteiger partial charge on any atom is -0.494 e. The molecule has 1 aromatic heterocycles. The van der Waals surface area contributed by atoms with Crippen molar-refractivity contribution in [2.24, 2.45) is 5.92 Å². The van der Waals surface area contributed by atoms with Crippen molar-refractivity contribution in [1.29, 1.82) is 5.26 Å². The molecule has 0 N–H and O–H groups in total. The van der Waals surface area contributed by atoms with Crippen LogP contribution in [-0.4, -0.2) is 16.6 Å². The van der Waals surface area contributed by atoms with Gasteiger partial charge in [0.1, 0.15) is 5.75 Å². The van der Waals surface area contributed by atoms with Gasteiger partial charge in [0.25, 0.3) is 0 Å². The highest BCUT2D eigenvalue weighted by molar-refractivity contribution is 5.55. The van der Waals surface area contributed by atoms with Crippen molar-refractivity contribution in [3.8, 4) is 23.2 Å². The lowest BCUT2D eigenvalue weighted by Gasteiger charge is -2.09. The van der Waals surface area contributed by atoms with Gasteiger partial charge in [-0.3, -0.25) is 0 Å². The number of aromatic nitrogens is 2. The fourth-order valence-corrected chi connectivity index (χ4v) is 3.65. The maximum absolute atomic E-state index is 9.00. The van der Waals surface area contributed by atoms with E-state index in [-0.39, 0.29) is 5.92 Å². The van der Waals surface area contributed by atoms with Crippen LogP contribution in [0.4, 0.5) is 0 Å². The first-order valence-corrected chi connectivity index (χ1v) is 12.2. The van der Waals surface area contributed by atoms with E-state index in [1.165, 1.54) is 63.4 Å². The molecule has 0 unspecified atom stereocenters. The van der Waals surface area contributed by atoms with Gasteiger partial charge in [-0.05, 0) is 55.5 Å². The van der Waals surface area contributed by atoms with E-state index in [2.05, 4.69) is 23.0 Å². The second kappa shape index (κ2) is 15.4. The number of nitriles is 1. The largest absolute Gasteiger partial charge is 0.494 e. The maximum Gasteiger partial charge on any atom is 0.159 e. The van der Waals surface area contributed by atoms with Gasteiger partial charge in [0, 0.05) is 23.9 Å². The SMILES string of the molecule is CCCCCCCCCCCc1cnc(-c2ccc(OCC[C@@H](C#N)CC)cc2)nc1. The van der Waals surface area contributed by atoms with Crippen molar-refractivity contribution >= 4 is 0 Å². The molecule has 0 spiro atoms. The van der Waals surface area contributed by atoms with E-state index in [9.17, 15) is 0 Å². The lowest BCUT2D eigenvalue weighted by atomic mass is 10.1. The molecule has 2 aromatic rings. The third-order valence-electron chi connectivity index (χ3n) is 5.80. The molecule has 1 heterocycles. The maximum atomic E-state index is 9.00. The zero-order valence-electron chi connectivity index (χ0n) is 19.5. The highest BCUT2D eigenvalue weighted by Gasteiger charge is 2.06. The van der Waals surface area contributed by atoms with Crippen LogP contribution in [0.5, 0.6) is 5.75 Å². The van der Waals surface area contributed by atoms with E-state index in [0.29, 0.717) is 6.61 Å². The number of aryl methyl sites for hydroxylation is 1. The summed E-state index contributed by atoms with van der Waals surface area (Å²) < 4.78 is 5.75. The summed E-state index contributed by atoms with van der Waals surface area (Å²) in [5.41, 5.74) is 2.21. The second-order valence-electron chi connectivity index (χ2n) is 8.39. The van der Waals surface area contributed by atoms with Crippen molar-refractivity contribution in [2.75, 3.05) is 6.61 Å². The van der Waals surface area contributed by atoms with Gasteiger partial charge in [0.2, 0.25) is 0 Å². The number of benzene rings is 1. The van der Waals surface area contributed by atoms with Crippen LogP contribution in [-0.2, 0) is 6.42 Å². The van der Waals surface area contributed by atoms with Crippen molar-refractivity contribution in [1.82, 2.24) is 9.97 Å². The molecule has 0 bridgehead atoms. The van der Waals surface area contributed by atoms with Crippen LogP contribution in [0.3, 0.4) is 0 Å². The van der Waals surface area contributed by atoms with Gasteiger partial charge in [-0.1, -0.05) is 65.2 Å². The molecule has 0 aliphatic heterocycles. The topological polar surface area (TPSA) is 58.8 Å². The molecule has 31 heavy (non-hydrogen) atoms. The monoisotopic (exact) mass is 421 g/mol. The number of hydrogen-bond acceptors (Lipinski definition) is 4. The number of nitrogens with zero attached hydrogens (tertiary/aromatic N) is 3. The average Bonchev–Trinajstić information content (AvgIpc) is 2.82. The predicted molar refractivity (Wildman–Crippen MR) is 128 cm³/mol. The Morgan fingerprint density at radius 3 is 2.06 bits per heavy atom. The van der Waals surface area contributed by atoms with Gasteiger partial charge in [-0.2, -0.15) is 5.26 Å². The molecule has 0 aliphatic carbocycles. The Kier molecular flexibility index (Phi) is 12.3. The van der Waals surface area contributed by atoms with Crippen LogP contribution < -0.4 is 4.74 Å². The molecular weight excluding hydrogens is 382 g/mol. The summed E-state index contributed by atoms with van der Waals surface area (Å²) in [6, 6.07) is 10.2.